The molecule has 1 aromatic rings. The van der Waals surface area contributed by atoms with Crippen molar-refractivity contribution in [1.29, 1.82) is 0 Å². The van der Waals surface area contributed by atoms with E-state index in [9.17, 15) is 13.2 Å². The van der Waals surface area contributed by atoms with Gasteiger partial charge >= 0.3 is 6.36 Å². The average molecular weight is 298 g/mol. The number of rotatable bonds is 3. The second-order valence-electron chi connectivity index (χ2n) is 3.09. The van der Waals surface area contributed by atoms with E-state index < -0.39 is 12.3 Å². The fourth-order valence-electron chi connectivity index (χ4n) is 1.14. The molecule has 0 amide bonds. The highest BCUT2D eigenvalue weighted by molar-refractivity contribution is 9.10. The summed E-state index contributed by atoms with van der Waals surface area (Å²) in [6, 6.07) is 4.17. The summed E-state index contributed by atoms with van der Waals surface area (Å²) in [6.45, 7) is 3.35. The lowest BCUT2D eigenvalue weighted by Gasteiger charge is -2.15. The lowest BCUT2D eigenvalue weighted by atomic mass is 10.0. The molecule has 1 aromatic carbocycles. The number of benzene rings is 1. The molecule has 0 bridgehead atoms. The monoisotopic (exact) mass is 297 g/mol. The minimum Gasteiger partial charge on any atom is -0.405 e. The molecule has 0 saturated heterocycles. The van der Waals surface area contributed by atoms with Crippen LogP contribution in [-0.2, 0) is 0 Å². The van der Waals surface area contributed by atoms with Crippen LogP contribution in [0, 0.1) is 6.92 Å². The van der Waals surface area contributed by atoms with E-state index in [2.05, 4.69) is 27.6 Å². The molecule has 1 radical (unpaired) electrons. The molecule has 1 unspecified atom stereocenters. The normalized spacial score (nSPS) is 13.6. The molecular formula is C10H9BrF3O2. The first kappa shape index (κ1) is 13.3. The van der Waals surface area contributed by atoms with Crippen molar-refractivity contribution in [2.45, 2.75) is 12.3 Å². The molecule has 0 aliphatic rings. The summed E-state index contributed by atoms with van der Waals surface area (Å²) in [5.74, 6) is -0.849. The summed E-state index contributed by atoms with van der Waals surface area (Å²) in [4.78, 5) is 0. The van der Waals surface area contributed by atoms with E-state index in [1.807, 2.05) is 0 Å². The molecule has 1 rings (SSSR count). The maximum atomic E-state index is 12.0. The van der Waals surface area contributed by atoms with Gasteiger partial charge in [-0.05, 0) is 34.5 Å². The largest absolute Gasteiger partial charge is 0.573 e. The Morgan fingerprint density at radius 1 is 1.44 bits per heavy atom. The maximum Gasteiger partial charge on any atom is 0.573 e. The molecule has 0 heterocycles. The van der Waals surface area contributed by atoms with Crippen LogP contribution in [0.4, 0.5) is 13.2 Å². The minimum atomic E-state index is -4.74. The Bertz CT molecular complexity index is 366. The second kappa shape index (κ2) is 5.05. The summed E-state index contributed by atoms with van der Waals surface area (Å²) in [5.41, 5.74) is 0.462. The highest BCUT2D eigenvalue weighted by atomic mass is 79.9. The van der Waals surface area contributed by atoms with Gasteiger partial charge in [0.2, 0.25) is 0 Å². The van der Waals surface area contributed by atoms with E-state index in [1.54, 1.807) is 6.07 Å². The highest BCUT2D eigenvalue weighted by Gasteiger charge is 2.32. The van der Waals surface area contributed by atoms with Crippen molar-refractivity contribution < 1.29 is 23.0 Å². The number of aliphatic hydroxyl groups excluding tert-OH is 1. The average Bonchev–Trinajstić information content (AvgIpc) is 2.18. The summed E-state index contributed by atoms with van der Waals surface area (Å²) >= 11 is 3.00. The fraction of sp³-hybridized carbons (Fsp3) is 0.300. The molecular weight excluding hydrogens is 289 g/mol. The van der Waals surface area contributed by atoms with E-state index in [4.69, 9.17) is 5.11 Å². The van der Waals surface area contributed by atoms with E-state index in [-0.39, 0.29) is 16.8 Å². The van der Waals surface area contributed by atoms with Crippen molar-refractivity contribution in [2.24, 2.45) is 0 Å². The first-order valence-electron chi connectivity index (χ1n) is 4.33. The molecule has 0 fully saturated rings. The minimum absolute atomic E-state index is 0.154. The zero-order chi connectivity index (χ0) is 12.3. The maximum absolute atomic E-state index is 12.0. The Kier molecular flexibility index (Phi) is 4.21. The van der Waals surface area contributed by atoms with Gasteiger partial charge in [0.25, 0.3) is 0 Å². The van der Waals surface area contributed by atoms with Crippen molar-refractivity contribution in [3.8, 4) is 5.75 Å². The Balaban J connectivity index is 3.04. The van der Waals surface area contributed by atoms with Crippen LogP contribution in [0.1, 0.15) is 11.5 Å². The second-order valence-corrected chi connectivity index (χ2v) is 3.88. The molecule has 89 valence electrons. The van der Waals surface area contributed by atoms with Crippen LogP contribution in [-0.4, -0.2) is 18.1 Å². The quantitative estimate of drug-likeness (QED) is 0.928. The van der Waals surface area contributed by atoms with Gasteiger partial charge in [0, 0.05) is 12.5 Å². The van der Waals surface area contributed by atoms with Crippen molar-refractivity contribution in [1.82, 2.24) is 0 Å². The molecule has 0 aromatic heterocycles. The first-order valence-corrected chi connectivity index (χ1v) is 5.12. The lowest BCUT2D eigenvalue weighted by molar-refractivity contribution is -0.274. The Labute approximate surface area is 99.2 Å². The summed E-state index contributed by atoms with van der Waals surface area (Å²) in [6.07, 6.45) is -4.74. The van der Waals surface area contributed by atoms with Gasteiger partial charge in [-0.25, -0.2) is 0 Å². The van der Waals surface area contributed by atoms with Gasteiger partial charge in [-0.3, -0.25) is 0 Å². The van der Waals surface area contributed by atoms with Crippen molar-refractivity contribution in [2.75, 3.05) is 6.61 Å². The van der Waals surface area contributed by atoms with Gasteiger partial charge in [-0.2, -0.15) is 0 Å². The number of alkyl halides is 3. The van der Waals surface area contributed by atoms with E-state index >= 15 is 0 Å². The van der Waals surface area contributed by atoms with Gasteiger partial charge in [0.1, 0.15) is 5.75 Å². The van der Waals surface area contributed by atoms with Crippen LogP contribution in [0.5, 0.6) is 5.75 Å². The van der Waals surface area contributed by atoms with Gasteiger partial charge in [-0.1, -0.05) is 12.1 Å². The van der Waals surface area contributed by atoms with Crippen LogP contribution in [0.25, 0.3) is 0 Å². The third-order valence-corrected chi connectivity index (χ3v) is 2.73. The van der Waals surface area contributed by atoms with Crippen LogP contribution < -0.4 is 4.74 Å². The summed E-state index contributed by atoms with van der Waals surface area (Å²) < 4.78 is 40.0. The summed E-state index contributed by atoms with van der Waals surface area (Å²) in [7, 11) is 0. The smallest absolute Gasteiger partial charge is 0.405 e. The topological polar surface area (TPSA) is 29.5 Å². The third-order valence-electron chi connectivity index (χ3n) is 1.88. The highest BCUT2D eigenvalue weighted by Crippen LogP contribution is 2.35. The standard InChI is InChI=1S/C10H9BrF3O2/c1-6(5-15)7-3-2-4-8(9(7)11)16-10(12,13)14/h2-4,6,15H,1,5H2. The molecule has 1 N–H and O–H groups in total. The zero-order valence-corrected chi connectivity index (χ0v) is 9.68. The predicted octanol–water partition coefficient (Wildman–Crippen LogP) is 3.26. The Morgan fingerprint density at radius 3 is 2.56 bits per heavy atom. The van der Waals surface area contributed by atoms with Crippen LogP contribution in [0.2, 0.25) is 0 Å². The molecule has 6 heteroatoms. The van der Waals surface area contributed by atoms with Crippen molar-refractivity contribution in [3.05, 3.63) is 35.2 Å². The van der Waals surface area contributed by atoms with Crippen LogP contribution >= 0.6 is 15.9 Å². The molecule has 0 aliphatic carbocycles. The van der Waals surface area contributed by atoms with Crippen LogP contribution in [0.3, 0.4) is 0 Å². The number of ether oxygens (including phenoxy) is 1. The molecule has 16 heavy (non-hydrogen) atoms. The molecule has 0 spiro atoms. The van der Waals surface area contributed by atoms with Crippen molar-refractivity contribution >= 4 is 15.9 Å². The van der Waals surface area contributed by atoms with E-state index in [1.165, 1.54) is 12.1 Å². The molecule has 0 saturated carbocycles. The molecule has 2 nitrogen and oxygen atoms in total. The summed E-state index contributed by atoms with van der Waals surface area (Å²) in [5, 5.41) is 8.89. The number of aliphatic hydroxyl groups is 1. The number of hydrogen-bond donors (Lipinski definition) is 1. The Morgan fingerprint density at radius 2 is 2.06 bits per heavy atom. The molecule has 0 aliphatic heterocycles. The van der Waals surface area contributed by atoms with Gasteiger partial charge < -0.3 is 9.84 Å². The number of hydrogen-bond acceptors (Lipinski definition) is 2. The van der Waals surface area contributed by atoms with E-state index in [0.717, 1.165) is 0 Å². The SMILES string of the molecule is [CH2]C(CO)c1cccc(OC(F)(F)F)c1Br. The van der Waals surface area contributed by atoms with Gasteiger partial charge in [-0.15, -0.1) is 13.2 Å². The molecule has 1 atom stereocenters. The Hall–Kier alpha value is -0.750. The van der Waals surface area contributed by atoms with Gasteiger partial charge in [0.15, 0.2) is 0 Å². The zero-order valence-electron chi connectivity index (χ0n) is 8.09. The first-order chi connectivity index (χ1) is 7.35. The van der Waals surface area contributed by atoms with Crippen LogP contribution in [0.15, 0.2) is 22.7 Å². The lowest BCUT2D eigenvalue weighted by Crippen LogP contribution is -2.17. The third kappa shape index (κ3) is 3.38. The number of halogens is 4. The predicted molar refractivity (Wildman–Crippen MR) is 56.0 cm³/mol. The fourth-order valence-corrected chi connectivity index (χ4v) is 1.81. The van der Waals surface area contributed by atoms with Gasteiger partial charge in [0.05, 0.1) is 4.47 Å². The van der Waals surface area contributed by atoms with E-state index in [0.29, 0.717) is 5.56 Å². The van der Waals surface area contributed by atoms with Crippen molar-refractivity contribution in [3.63, 3.8) is 0 Å².